The minimum Gasteiger partial charge on any atom is -0.322 e. The van der Waals surface area contributed by atoms with Crippen molar-refractivity contribution in [2.45, 2.75) is 12.8 Å². The number of amides is 2. The van der Waals surface area contributed by atoms with Gasteiger partial charge in [-0.2, -0.15) is 0 Å². The maximum atomic E-state index is 12.8. The molecule has 3 aromatic carbocycles. The average molecular weight is 414 g/mol. The molecule has 2 heterocycles. The molecular weight excluding hydrogens is 394 g/mol. The van der Waals surface area contributed by atoms with Crippen LogP contribution in [0.3, 0.4) is 0 Å². The van der Waals surface area contributed by atoms with Crippen molar-refractivity contribution in [1.82, 2.24) is 4.98 Å². The number of nitrogens with one attached hydrogen (secondary N) is 1. The number of anilines is 2. The Morgan fingerprint density at radius 2 is 1.87 bits per heavy atom. The van der Waals surface area contributed by atoms with Crippen LogP contribution in [0.5, 0.6) is 0 Å². The topological polar surface area (TPSA) is 62.3 Å². The summed E-state index contributed by atoms with van der Waals surface area (Å²) < 4.78 is 1.13. The first-order valence-electron chi connectivity index (χ1n) is 9.85. The molecule has 1 aliphatic rings. The van der Waals surface area contributed by atoms with Crippen molar-refractivity contribution in [1.29, 1.82) is 0 Å². The number of para-hydroxylation sites is 1. The Morgan fingerprint density at radius 1 is 1.00 bits per heavy atom. The van der Waals surface area contributed by atoms with E-state index in [0.717, 1.165) is 32.9 Å². The summed E-state index contributed by atoms with van der Waals surface area (Å²) in [6.07, 6.45) is 1.42. The molecule has 0 atom stereocenters. The molecule has 4 aromatic rings. The van der Waals surface area contributed by atoms with E-state index < -0.39 is 0 Å². The van der Waals surface area contributed by atoms with Gasteiger partial charge in [-0.25, -0.2) is 4.98 Å². The fourth-order valence-electron chi connectivity index (χ4n) is 3.67. The van der Waals surface area contributed by atoms with Crippen molar-refractivity contribution in [2.24, 2.45) is 0 Å². The van der Waals surface area contributed by atoms with Gasteiger partial charge in [-0.3, -0.25) is 9.59 Å². The van der Waals surface area contributed by atoms with E-state index in [-0.39, 0.29) is 11.8 Å². The number of benzene rings is 3. The normalized spacial score (nSPS) is 13.7. The van der Waals surface area contributed by atoms with E-state index in [1.165, 1.54) is 0 Å². The Balaban J connectivity index is 1.38. The fourth-order valence-corrected chi connectivity index (χ4v) is 4.63. The molecule has 1 aromatic heterocycles. The number of nitrogens with zero attached hydrogens (tertiary/aromatic N) is 2. The Hall–Kier alpha value is -3.51. The summed E-state index contributed by atoms with van der Waals surface area (Å²) >= 11 is 1.63. The van der Waals surface area contributed by atoms with Crippen LogP contribution in [0.1, 0.15) is 23.2 Å². The molecule has 0 bridgehead atoms. The lowest BCUT2D eigenvalue weighted by molar-refractivity contribution is -0.117. The molecule has 0 saturated carbocycles. The Kier molecular flexibility index (Phi) is 4.77. The molecule has 0 radical (unpaired) electrons. The zero-order valence-electron chi connectivity index (χ0n) is 16.2. The molecule has 1 aliphatic heterocycles. The van der Waals surface area contributed by atoms with Gasteiger partial charge in [0.2, 0.25) is 5.91 Å². The zero-order valence-corrected chi connectivity index (χ0v) is 17.0. The van der Waals surface area contributed by atoms with E-state index in [4.69, 9.17) is 4.98 Å². The van der Waals surface area contributed by atoms with Crippen LogP contribution in [-0.2, 0) is 4.79 Å². The van der Waals surface area contributed by atoms with Gasteiger partial charge in [0.25, 0.3) is 5.91 Å². The number of carbonyl (C=O) groups excluding carboxylic acids is 2. The quantitative estimate of drug-likeness (QED) is 0.491. The van der Waals surface area contributed by atoms with E-state index in [9.17, 15) is 9.59 Å². The van der Waals surface area contributed by atoms with Crippen molar-refractivity contribution in [3.05, 3.63) is 78.4 Å². The number of rotatable bonds is 4. The molecule has 148 valence electrons. The second kappa shape index (κ2) is 7.72. The summed E-state index contributed by atoms with van der Waals surface area (Å²) in [5.41, 5.74) is 3.94. The Morgan fingerprint density at radius 3 is 2.70 bits per heavy atom. The lowest BCUT2D eigenvalue weighted by atomic mass is 10.1. The largest absolute Gasteiger partial charge is 0.322 e. The SMILES string of the molecule is O=C(Nc1cccc(-c2nc3ccccc3s2)c1)c1cccc(N2CCCC2=O)c1. The predicted molar refractivity (Wildman–Crippen MR) is 121 cm³/mol. The highest BCUT2D eigenvalue weighted by Gasteiger charge is 2.22. The van der Waals surface area contributed by atoms with E-state index >= 15 is 0 Å². The lowest BCUT2D eigenvalue weighted by Crippen LogP contribution is -2.24. The van der Waals surface area contributed by atoms with E-state index in [0.29, 0.717) is 24.2 Å². The van der Waals surface area contributed by atoms with Crippen LogP contribution in [0.15, 0.2) is 72.8 Å². The van der Waals surface area contributed by atoms with E-state index in [1.54, 1.807) is 28.4 Å². The lowest BCUT2D eigenvalue weighted by Gasteiger charge is -2.16. The monoisotopic (exact) mass is 413 g/mol. The Labute approximate surface area is 178 Å². The number of carbonyl (C=O) groups is 2. The smallest absolute Gasteiger partial charge is 0.255 e. The summed E-state index contributed by atoms with van der Waals surface area (Å²) in [6.45, 7) is 0.702. The third kappa shape index (κ3) is 3.57. The van der Waals surface area contributed by atoms with Crippen molar-refractivity contribution < 1.29 is 9.59 Å². The predicted octanol–water partition coefficient (Wildman–Crippen LogP) is 5.34. The molecule has 0 spiro atoms. The van der Waals surface area contributed by atoms with Crippen molar-refractivity contribution in [3.8, 4) is 10.6 Å². The van der Waals surface area contributed by atoms with Gasteiger partial charge < -0.3 is 10.2 Å². The molecule has 0 aliphatic carbocycles. The minimum absolute atomic E-state index is 0.107. The zero-order chi connectivity index (χ0) is 20.5. The number of thiazole rings is 1. The van der Waals surface area contributed by atoms with Gasteiger partial charge in [0.1, 0.15) is 5.01 Å². The molecule has 1 saturated heterocycles. The van der Waals surface area contributed by atoms with Gasteiger partial charge >= 0.3 is 0 Å². The summed E-state index contributed by atoms with van der Waals surface area (Å²) in [5, 5.41) is 3.88. The molecule has 1 N–H and O–H groups in total. The van der Waals surface area contributed by atoms with Crippen LogP contribution in [0.2, 0.25) is 0 Å². The standard InChI is InChI=1S/C24H19N3O2S/c28-22-12-5-13-27(22)19-9-4-6-16(15-19)23(29)25-18-8-3-7-17(14-18)24-26-20-10-1-2-11-21(20)30-24/h1-4,6-11,14-15H,5,12-13H2,(H,25,29). The maximum absolute atomic E-state index is 12.8. The molecule has 5 rings (SSSR count). The van der Waals surface area contributed by atoms with Gasteiger partial charge in [-0.15, -0.1) is 11.3 Å². The number of fused-ring (bicyclic) bond motifs is 1. The highest BCUT2D eigenvalue weighted by atomic mass is 32.1. The summed E-state index contributed by atoms with van der Waals surface area (Å²) in [4.78, 5) is 31.3. The van der Waals surface area contributed by atoms with E-state index in [1.807, 2.05) is 54.6 Å². The molecule has 2 amide bonds. The molecule has 6 heteroatoms. The minimum atomic E-state index is -0.204. The van der Waals surface area contributed by atoms with Gasteiger partial charge in [0.05, 0.1) is 10.2 Å². The average Bonchev–Trinajstić information content (AvgIpc) is 3.40. The first kappa shape index (κ1) is 18.5. The maximum Gasteiger partial charge on any atom is 0.255 e. The number of hydrogen-bond donors (Lipinski definition) is 1. The van der Waals surface area contributed by atoms with Crippen molar-refractivity contribution >= 4 is 44.7 Å². The van der Waals surface area contributed by atoms with Crippen molar-refractivity contribution in [3.63, 3.8) is 0 Å². The molecule has 1 fully saturated rings. The van der Waals surface area contributed by atoms with Crippen LogP contribution >= 0.6 is 11.3 Å². The third-order valence-electron chi connectivity index (χ3n) is 5.15. The first-order chi connectivity index (χ1) is 14.7. The van der Waals surface area contributed by atoms with Crippen LogP contribution < -0.4 is 10.2 Å². The van der Waals surface area contributed by atoms with Gasteiger partial charge in [0.15, 0.2) is 0 Å². The highest BCUT2D eigenvalue weighted by Crippen LogP contribution is 2.31. The number of hydrogen-bond acceptors (Lipinski definition) is 4. The van der Waals surface area contributed by atoms with Crippen LogP contribution in [0.25, 0.3) is 20.8 Å². The van der Waals surface area contributed by atoms with Gasteiger partial charge in [0, 0.05) is 35.5 Å². The summed E-state index contributed by atoms with van der Waals surface area (Å²) in [6, 6.07) is 23.0. The Bertz CT molecular complexity index is 1230. The van der Waals surface area contributed by atoms with Crippen LogP contribution in [0, 0.1) is 0 Å². The number of aromatic nitrogens is 1. The fraction of sp³-hybridized carbons (Fsp3) is 0.125. The van der Waals surface area contributed by atoms with Gasteiger partial charge in [-0.1, -0.05) is 30.3 Å². The molecular formula is C24H19N3O2S. The third-order valence-corrected chi connectivity index (χ3v) is 6.24. The van der Waals surface area contributed by atoms with Crippen LogP contribution in [0.4, 0.5) is 11.4 Å². The van der Waals surface area contributed by atoms with Crippen LogP contribution in [-0.4, -0.2) is 23.3 Å². The molecule has 30 heavy (non-hydrogen) atoms. The summed E-state index contributed by atoms with van der Waals surface area (Å²) in [7, 11) is 0. The second-order valence-corrected chi connectivity index (χ2v) is 8.25. The molecule has 0 unspecified atom stereocenters. The van der Waals surface area contributed by atoms with Gasteiger partial charge in [-0.05, 0) is 48.9 Å². The summed E-state index contributed by atoms with van der Waals surface area (Å²) in [5.74, 6) is -0.0963. The molecule has 5 nitrogen and oxygen atoms in total. The first-order valence-corrected chi connectivity index (χ1v) is 10.7. The van der Waals surface area contributed by atoms with Crippen molar-refractivity contribution in [2.75, 3.05) is 16.8 Å². The highest BCUT2D eigenvalue weighted by molar-refractivity contribution is 7.21. The second-order valence-electron chi connectivity index (χ2n) is 7.22. The van der Waals surface area contributed by atoms with E-state index in [2.05, 4.69) is 11.4 Å².